The summed E-state index contributed by atoms with van der Waals surface area (Å²) < 4.78 is 4.72. The highest BCUT2D eigenvalue weighted by molar-refractivity contribution is 5.76. The van der Waals surface area contributed by atoms with E-state index >= 15 is 0 Å². The molecule has 0 aromatic rings. The first-order valence-electron chi connectivity index (χ1n) is 5.20. The molecule has 1 heterocycles. The van der Waals surface area contributed by atoms with Crippen molar-refractivity contribution in [3.63, 3.8) is 0 Å². The summed E-state index contributed by atoms with van der Waals surface area (Å²) in [5, 5.41) is 9.50. The van der Waals surface area contributed by atoms with Gasteiger partial charge in [0, 0.05) is 19.5 Å². The molecule has 0 bridgehead atoms. The van der Waals surface area contributed by atoms with Crippen molar-refractivity contribution >= 4 is 5.97 Å². The quantitative estimate of drug-likeness (QED) is 0.650. The number of aliphatic hydroxyl groups is 1. The lowest BCUT2D eigenvalue weighted by Gasteiger charge is -2.21. The van der Waals surface area contributed by atoms with Gasteiger partial charge in [-0.15, -0.1) is 0 Å². The van der Waals surface area contributed by atoms with Crippen molar-refractivity contribution in [3.05, 3.63) is 0 Å². The monoisotopic (exact) mass is 199 g/mol. The second-order valence-electron chi connectivity index (χ2n) is 4.33. The van der Waals surface area contributed by atoms with Crippen LogP contribution in [-0.2, 0) is 9.53 Å². The number of rotatable bonds is 3. The van der Waals surface area contributed by atoms with E-state index in [1.165, 1.54) is 20.0 Å². The molecule has 14 heavy (non-hydrogen) atoms. The van der Waals surface area contributed by atoms with Gasteiger partial charge in [0.2, 0.25) is 0 Å². The van der Waals surface area contributed by atoms with E-state index in [1.54, 1.807) is 0 Å². The summed E-state index contributed by atoms with van der Waals surface area (Å²) in [6, 6.07) is -0.212. The van der Waals surface area contributed by atoms with Crippen molar-refractivity contribution in [1.82, 2.24) is 4.90 Å². The van der Waals surface area contributed by atoms with E-state index in [-0.39, 0.29) is 18.1 Å². The van der Waals surface area contributed by atoms with Crippen molar-refractivity contribution < 1.29 is 14.6 Å². The van der Waals surface area contributed by atoms with E-state index in [9.17, 15) is 9.90 Å². The van der Waals surface area contributed by atoms with Crippen molar-refractivity contribution in [2.75, 3.05) is 20.2 Å². The lowest BCUT2D eigenvalue weighted by molar-refractivity contribution is -0.145. The third-order valence-electron chi connectivity index (χ3n) is 3.04. The first kappa shape index (κ1) is 9.93. The molecule has 0 aromatic heterocycles. The fraction of sp³-hybridized carbons (Fsp3) is 0.900. The second kappa shape index (κ2) is 3.87. The molecule has 0 radical (unpaired) electrons. The van der Waals surface area contributed by atoms with E-state index < -0.39 is 0 Å². The first-order chi connectivity index (χ1) is 6.70. The molecule has 1 saturated heterocycles. The van der Waals surface area contributed by atoms with Gasteiger partial charge < -0.3 is 9.84 Å². The maximum absolute atomic E-state index is 11.4. The van der Waals surface area contributed by atoms with Gasteiger partial charge in [0.1, 0.15) is 6.04 Å². The Morgan fingerprint density at radius 3 is 2.86 bits per heavy atom. The van der Waals surface area contributed by atoms with Crippen molar-refractivity contribution in [1.29, 1.82) is 0 Å². The number of likely N-dealkylation sites (tertiary alicyclic amines) is 1. The van der Waals surface area contributed by atoms with E-state index in [0.717, 1.165) is 12.5 Å². The van der Waals surface area contributed by atoms with Crippen LogP contribution in [0.3, 0.4) is 0 Å². The zero-order chi connectivity index (χ0) is 10.1. The molecule has 1 N–H and O–H groups in total. The number of esters is 1. The number of hydrogen-bond donors (Lipinski definition) is 1. The summed E-state index contributed by atoms with van der Waals surface area (Å²) in [4.78, 5) is 13.5. The fourth-order valence-corrected chi connectivity index (χ4v) is 2.09. The smallest absolute Gasteiger partial charge is 0.323 e. The maximum Gasteiger partial charge on any atom is 0.323 e. The molecule has 2 aliphatic rings. The van der Waals surface area contributed by atoms with E-state index in [0.29, 0.717) is 13.0 Å². The number of nitrogens with zero attached hydrogens (tertiary/aromatic N) is 1. The molecule has 1 aliphatic heterocycles. The van der Waals surface area contributed by atoms with Gasteiger partial charge in [-0.2, -0.15) is 0 Å². The Hall–Kier alpha value is -0.610. The summed E-state index contributed by atoms with van der Waals surface area (Å²) in [6.07, 6.45) is 2.69. The van der Waals surface area contributed by atoms with Gasteiger partial charge in [-0.25, -0.2) is 0 Å². The molecular formula is C10H17NO3. The highest BCUT2D eigenvalue weighted by Crippen LogP contribution is 2.32. The molecular weight excluding hydrogens is 182 g/mol. The Morgan fingerprint density at radius 2 is 2.29 bits per heavy atom. The SMILES string of the molecule is COC(=O)[C@@H]1C[C@@H](O)CN1CC1CC1. The lowest BCUT2D eigenvalue weighted by Crippen LogP contribution is -2.38. The average Bonchev–Trinajstić information content (AvgIpc) is 2.89. The highest BCUT2D eigenvalue weighted by atomic mass is 16.5. The molecule has 2 fully saturated rings. The zero-order valence-electron chi connectivity index (χ0n) is 8.48. The van der Waals surface area contributed by atoms with Gasteiger partial charge in [0.15, 0.2) is 0 Å². The molecule has 0 aromatic carbocycles. The van der Waals surface area contributed by atoms with Crippen LogP contribution in [0.25, 0.3) is 0 Å². The highest BCUT2D eigenvalue weighted by Gasteiger charge is 2.39. The molecule has 2 atom stereocenters. The Labute approximate surface area is 83.8 Å². The van der Waals surface area contributed by atoms with Gasteiger partial charge in [0.05, 0.1) is 13.2 Å². The topological polar surface area (TPSA) is 49.8 Å². The Balaban J connectivity index is 1.93. The predicted molar refractivity (Wildman–Crippen MR) is 50.7 cm³/mol. The molecule has 4 heteroatoms. The fourth-order valence-electron chi connectivity index (χ4n) is 2.09. The first-order valence-corrected chi connectivity index (χ1v) is 5.20. The van der Waals surface area contributed by atoms with Crippen LogP contribution in [0.2, 0.25) is 0 Å². The predicted octanol–water partition coefficient (Wildman–Crippen LogP) is 0.00460. The number of hydrogen-bond acceptors (Lipinski definition) is 4. The van der Waals surface area contributed by atoms with E-state index in [4.69, 9.17) is 4.74 Å². The third-order valence-corrected chi connectivity index (χ3v) is 3.04. The van der Waals surface area contributed by atoms with Gasteiger partial charge in [-0.05, 0) is 18.8 Å². The molecule has 0 spiro atoms. The van der Waals surface area contributed by atoms with Gasteiger partial charge in [0.25, 0.3) is 0 Å². The van der Waals surface area contributed by atoms with Crippen LogP contribution in [0.4, 0.5) is 0 Å². The van der Waals surface area contributed by atoms with Crippen LogP contribution < -0.4 is 0 Å². The maximum atomic E-state index is 11.4. The molecule has 4 nitrogen and oxygen atoms in total. The molecule has 80 valence electrons. The van der Waals surface area contributed by atoms with Crippen LogP contribution in [0.15, 0.2) is 0 Å². The second-order valence-corrected chi connectivity index (χ2v) is 4.33. The molecule has 1 saturated carbocycles. The van der Waals surface area contributed by atoms with Crippen molar-refractivity contribution in [2.45, 2.75) is 31.4 Å². The number of β-amino-alcohol motifs (C(OH)–C–C–N with tert-alkyl or cyclic N) is 1. The minimum atomic E-state index is -0.363. The summed E-state index contributed by atoms with van der Waals surface area (Å²) in [5.74, 6) is 0.537. The number of carbonyl (C=O) groups is 1. The summed E-state index contributed by atoms with van der Waals surface area (Å²) in [6.45, 7) is 1.56. The number of carbonyl (C=O) groups excluding carboxylic acids is 1. The Bertz CT molecular complexity index is 227. The molecule has 1 aliphatic carbocycles. The Morgan fingerprint density at radius 1 is 1.57 bits per heavy atom. The average molecular weight is 199 g/mol. The summed E-state index contributed by atoms with van der Waals surface area (Å²) in [5.41, 5.74) is 0. The van der Waals surface area contributed by atoms with Gasteiger partial charge in [-0.3, -0.25) is 9.69 Å². The van der Waals surface area contributed by atoms with Gasteiger partial charge in [-0.1, -0.05) is 0 Å². The van der Waals surface area contributed by atoms with Crippen LogP contribution in [-0.4, -0.2) is 48.3 Å². The van der Waals surface area contributed by atoms with Crippen LogP contribution in [0, 0.1) is 5.92 Å². The van der Waals surface area contributed by atoms with E-state index in [2.05, 4.69) is 4.90 Å². The summed E-state index contributed by atoms with van der Waals surface area (Å²) >= 11 is 0. The number of ether oxygens (including phenoxy) is 1. The van der Waals surface area contributed by atoms with E-state index in [1.807, 2.05) is 0 Å². The standard InChI is InChI=1S/C10H17NO3/c1-14-10(13)9-4-8(12)6-11(9)5-7-2-3-7/h7-9,12H,2-6H2,1H3/t8-,9+/m1/s1. The Kier molecular flexibility index (Phi) is 2.74. The largest absolute Gasteiger partial charge is 0.468 e. The van der Waals surface area contributed by atoms with Crippen LogP contribution >= 0.6 is 0 Å². The minimum absolute atomic E-state index is 0.206. The summed E-state index contributed by atoms with van der Waals surface area (Å²) in [7, 11) is 1.41. The zero-order valence-corrected chi connectivity index (χ0v) is 8.48. The van der Waals surface area contributed by atoms with Crippen LogP contribution in [0.1, 0.15) is 19.3 Å². The number of methoxy groups -OCH3 is 1. The minimum Gasteiger partial charge on any atom is -0.468 e. The third kappa shape index (κ3) is 2.07. The van der Waals surface area contributed by atoms with Crippen molar-refractivity contribution in [2.24, 2.45) is 5.92 Å². The van der Waals surface area contributed by atoms with Gasteiger partial charge >= 0.3 is 5.97 Å². The normalized spacial score (nSPS) is 33.3. The number of aliphatic hydroxyl groups excluding tert-OH is 1. The molecule has 0 amide bonds. The molecule has 0 unspecified atom stereocenters. The van der Waals surface area contributed by atoms with Crippen molar-refractivity contribution in [3.8, 4) is 0 Å². The van der Waals surface area contributed by atoms with Crippen LogP contribution in [0.5, 0.6) is 0 Å². The lowest BCUT2D eigenvalue weighted by atomic mass is 10.2. The molecule has 2 rings (SSSR count).